The first-order valence-electron chi connectivity index (χ1n) is 12.7. The molecule has 0 aromatic heterocycles. The average molecular weight is 501 g/mol. The first-order chi connectivity index (χ1) is 16.7. The van der Waals surface area contributed by atoms with Crippen molar-refractivity contribution in [1.82, 2.24) is 9.62 Å². The number of carbonyl (C=O) groups excluding carboxylic acids is 2. The molecular formula is C28H40N2O4S. The summed E-state index contributed by atoms with van der Waals surface area (Å²) < 4.78 is 25.9. The molecule has 0 saturated carbocycles. The second-order valence-electron chi connectivity index (χ2n) is 9.14. The first kappa shape index (κ1) is 28.9. The van der Waals surface area contributed by atoms with Gasteiger partial charge in [-0.1, -0.05) is 75.2 Å². The fraction of sp³-hybridized carbons (Fsp3) is 0.500. The largest absolute Gasteiger partial charge is 0.303 e. The van der Waals surface area contributed by atoms with E-state index in [9.17, 15) is 18.0 Å². The van der Waals surface area contributed by atoms with Crippen molar-refractivity contribution in [3.8, 4) is 0 Å². The molecule has 0 amide bonds. The monoisotopic (exact) mass is 500 g/mol. The molecule has 0 saturated heterocycles. The molecule has 1 aliphatic carbocycles. The summed E-state index contributed by atoms with van der Waals surface area (Å²) in [6.45, 7) is 11.6. The standard InChI is InChI=1S/C14H32N2O2S.C14H8O2/c1-5-7-11-16(12-8-6-2)13-9-10-15-19(17,18)14(3)4;15-13-9-5-1-2-6-10(9)14(16)12-8-4-3-7-11(12)13/h14-15H,5-13H2,1-4H3;1-8H. The highest BCUT2D eigenvalue weighted by Gasteiger charge is 2.28. The van der Waals surface area contributed by atoms with Crippen LogP contribution in [0.15, 0.2) is 48.5 Å². The highest BCUT2D eigenvalue weighted by molar-refractivity contribution is 7.90. The maximum atomic E-state index is 12.1. The lowest BCUT2D eigenvalue weighted by Crippen LogP contribution is -2.34. The molecule has 0 unspecified atom stereocenters. The maximum Gasteiger partial charge on any atom is 0.213 e. The number of unbranched alkanes of at least 4 members (excludes halogenated alkanes) is 2. The molecule has 2 aromatic carbocycles. The Labute approximate surface area is 211 Å². The fourth-order valence-electron chi connectivity index (χ4n) is 3.83. The predicted molar refractivity (Wildman–Crippen MR) is 143 cm³/mol. The van der Waals surface area contributed by atoms with Crippen molar-refractivity contribution in [2.45, 2.75) is 65.0 Å². The zero-order chi connectivity index (χ0) is 25.8. The molecule has 0 aliphatic heterocycles. The number of rotatable bonds is 12. The minimum Gasteiger partial charge on any atom is -0.303 e. The normalized spacial score (nSPS) is 12.9. The summed E-state index contributed by atoms with van der Waals surface area (Å²) in [6.07, 6.45) is 5.76. The average Bonchev–Trinajstić information content (AvgIpc) is 2.86. The fourth-order valence-corrected chi connectivity index (χ4v) is 4.59. The van der Waals surface area contributed by atoms with Crippen LogP contribution < -0.4 is 4.72 Å². The molecule has 0 bridgehead atoms. The molecule has 0 fully saturated rings. The van der Waals surface area contributed by atoms with Gasteiger partial charge in [-0.25, -0.2) is 13.1 Å². The van der Waals surface area contributed by atoms with Crippen molar-refractivity contribution in [3.63, 3.8) is 0 Å². The first-order valence-corrected chi connectivity index (χ1v) is 14.3. The summed E-state index contributed by atoms with van der Waals surface area (Å²) in [7, 11) is -3.10. The topological polar surface area (TPSA) is 83.6 Å². The van der Waals surface area contributed by atoms with Crippen molar-refractivity contribution < 1.29 is 18.0 Å². The van der Waals surface area contributed by atoms with Gasteiger partial charge in [0.2, 0.25) is 10.0 Å². The van der Waals surface area contributed by atoms with E-state index in [2.05, 4.69) is 23.5 Å². The van der Waals surface area contributed by atoms with E-state index in [0.29, 0.717) is 28.8 Å². The summed E-state index contributed by atoms with van der Waals surface area (Å²) in [6, 6.07) is 13.9. The minimum atomic E-state index is -3.10. The Morgan fingerprint density at radius 1 is 0.714 bits per heavy atom. The van der Waals surface area contributed by atoms with Crippen molar-refractivity contribution >= 4 is 21.6 Å². The molecule has 0 radical (unpaired) electrons. The van der Waals surface area contributed by atoms with Gasteiger partial charge >= 0.3 is 0 Å². The Bertz CT molecular complexity index is 966. The van der Waals surface area contributed by atoms with Gasteiger partial charge in [-0.3, -0.25) is 9.59 Å². The predicted octanol–water partition coefficient (Wildman–Crippen LogP) is 5.07. The summed E-state index contributed by atoms with van der Waals surface area (Å²) in [5, 5.41) is -0.344. The van der Waals surface area contributed by atoms with Crippen LogP contribution in [0.25, 0.3) is 0 Å². The Kier molecular flexibility index (Phi) is 11.8. The molecule has 2 aromatic rings. The quantitative estimate of drug-likeness (QED) is 0.351. The molecule has 1 aliphatic rings. The van der Waals surface area contributed by atoms with Crippen LogP contribution in [0.2, 0.25) is 0 Å². The Morgan fingerprint density at radius 3 is 1.43 bits per heavy atom. The van der Waals surface area contributed by atoms with Crippen LogP contribution in [0.5, 0.6) is 0 Å². The van der Waals surface area contributed by atoms with Gasteiger partial charge in [0.15, 0.2) is 11.6 Å². The Morgan fingerprint density at radius 2 is 1.09 bits per heavy atom. The molecule has 6 nitrogen and oxygen atoms in total. The lowest BCUT2D eigenvalue weighted by molar-refractivity contribution is 0.0979. The van der Waals surface area contributed by atoms with Crippen LogP contribution in [0.1, 0.15) is 91.6 Å². The summed E-state index contributed by atoms with van der Waals surface area (Å²) in [5.74, 6) is -0.128. The highest BCUT2D eigenvalue weighted by atomic mass is 32.2. The van der Waals surface area contributed by atoms with Crippen LogP contribution >= 0.6 is 0 Å². The molecule has 1 N–H and O–H groups in total. The second kappa shape index (κ2) is 14.3. The van der Waals surface area contributed by atoms with Crippen LogP contribution in [-0.2, 0) is 10.0 Å². The van der Waals surface area contributed by atoms with Gasteiger partial charge in [0.25, 0.3) is 0 Å². The molecule has 0 spiro atoms. The SMILES string of the molecule is CCCCN(CCCC)CCCNS(=O)(=O)C(C)C.O=C1c2ccccc2C(=O)c2ccccc21. The summed E-state index contributed by atoms with van der Waals surface area (Å²) in [5.41, 5.74) is 2.02. The van der Waals surface area contributed by atoms with Gasteiger partial charge in [0, 0.05) is 28.8 Å². The molecule has 192 valence electrons. The summed E-state index contributed by atoms with van der Waals surface area (Å²) >= 11 is 0. The highest BCUT2D eigenvalue weighted by Crippen LogP contribution is 2.26. The van der Waals surface area contributed by atoms with Crippen LogP contribution in [0.4, 0.5) is 0 Å². The van der Waals surface area contributed by atoms with Gasteiger partial charge in [0.05, 0.1) is 5.25 Å². The molecule has 3 rings (SSSR count). The Balaban J connectivity index is 0.000000249. The van der Waals surface area contributed by atoms with Gasteiger partial charge in [0.1, 0.15) is 0 Å². The van der Waals surface area contributed by atoms with Crippen LogP contribution in [0, 0.1) is 0 Å². The number of ketones is 2. The number of sulfonamides is 1. The smallest absolute Gasteiger partial charge is 0.213 e. The zero-order valence-electron chi connectivity index (χ0n) is 21.5. The maximum absolute atomic E-state index is 12.1. The van der Waals surface area contributed by atoms with E-state index in [0.717, 1.165) is 26.1 Å². The number of fused-ring (bicyclic) bond motifs is 2. The molecule has 7 heteroatoms. The van der Waals surface area contributed by atoms with E-state index in [1.54, 1.807) is 62.4 Å². The van der Waals surface area contributed by atoms with E-state index >= 15 is 0 Å². The van der Waals surface area contributed by atoms with Crippen molar-refractivity contribution in [3.05, 3.63) is 70.8 Å². The zero-order valence-corrected chi connectivity index (χ0v) is 22.4. The summed E-state index contributed by atoms with van der Waals surface area (Å²) in [4.78, 5) is 26.7. The van der Waals surface area contributed by atoms with E-state index < -0.39 is 10.0 Å². The van der Waals surface area contributed by atoms with Gasteiger partial charge in [-0.2, -0.15) is 0 Å². The van der Waals surface area contributed by atoms with Gasteiger partial charge in [-0.05, 0) is 52.7 Å². The van der Waals surface area contributed by atoms with Crippen molar-refractivity contribution in [2.24, 2.45) is 0 Å². The lowest BCUT2D eigenvalue weighted by atomic mass is 9.84. The number of nitrogens with zero attached hydrogens (tertiary/aromatic N) is 1. The number of benzene rings is 2. The third-order valence-electron chi connectivity index (χ3n) is 6.06. The molecular weight excluding hydrogens is 460 g/mol. The van der Waals surface area contributed by atoms with Gasteiger partial charge < -0.3 is 4.90 Å². The molecule has 0 atom stereocenters. The second-order valence-corrected chi connectivity index (χ2v) is 11.5. The number of hydrogen-bond donors (Lipinski definition) is 1. The minimum absolute atomic E-state index is 0.0641. The Hall–Kier alpha value is -2.35. The lowest BCUT2D eigenvalue weighted by Gasteiger charge is -2.22. The van der Waals surface area contributed by atoms with Crippen molar-refractivity contribution in [1.29, 1.82) is 0 Å². The van der Waals surface area contributed by atoms with E-state index in [1.807, 2.05) is 0 Å². The number of carbonyl (C=O) groups is 2. The van der Waals surface area contributed by atoms with Gasteiger partial charge in [-0.15, -0.1) is 0 Å². The number of hydrogen-bond acceptors (Lipinski definition) is 5. The van der Waals surface area contributed by atoms with E-state index in [1.165, 1.54) is 25.7 Å². The molecule has 0 heterocycles. The van der Waals surface area contributed by atoms with Crippen LogP contribution in [0.3, 0.4) is 0 Å². The van der Waals surface area contributed by atoms with E-state index in [4.69, 9.17) is 0 Å². The van der Waals surface area contributed by atoms with E-state index in [-0.39, 0.29) is 16.8 Å². The number of nitrogens with one attached hydrogen (secondary N) is 1. The third-order valence-corrected chi connectivity index (χ3v) is 7.91. The molecule has 35 heavy (non-hydrogen) atoms. The van der Waals surface area contributed by atoms with Crippen LogP contribution in [-0.4, -0.2) is 56.3 Å². The van der Waals surface area contributed by atoms with Crippen molar-refractivity contribution in [2.75, 3.05) is 26.2 Å². The third kappa shape index (κ3) is 8.37.